The lowest BCUT2D eigenvalue weighted by Crippen LogP contribution is -2.35. The highest BCUT2D eigenvalue weighted by molar-refractivity contribution is 6.05. The number of para-hydroxylation sites is 1. The second-order valence-electron chi connectivity index (χ2n) is 4.48. The lowest BCUT2D eigenvalue weighted by molar-refractivity contribution is 0.0983. The van der Waals surface area contributed by atoms with Gasteiger partial charge in [0, 0.05) is 31.5 Å². The summed E-state index contributed by atoms with van der Waals surface area (Å²) < 4.78 is 0. The van der Waals surface area contributed by atoms with Gasteiger partial charge in [-0.25, -0.2) is 0 Å². The summed E-state index contributed by atoms with van der Waals surface area (Å²) in [4.78, 5) is 18.5. The van der Waals surface area contributed by atoms with Crippen LogP contribution in [0.15, 0.2) is 48.7 Å². The van der Waals surface area contributed by atoms with Crippen molar-refractivity contribution in [3.05, 3.63) is 59.9 Å². The number of anilines is 1. The number of carbonyl (C=O) groups is 1. The number of amides is 1. The molecular formula is C15H15N3O. The first-order valence-corrected chi connectivity index (χ1v) is 6.38. The summed E-state index contributed by atoms with van der Waals surface area (Å²) in [5.41, 5.74) is 2.60. The van der Waals surface area contributed by atoms with Crippen molar-refractivity contribution in [2.45, 2.75) is 6.54 Å². The zero-order valence-electron chi connectivity index (χ0n) is 10.5. The molecule has 0 saturated carbocycles. The van der Waals surface area contributed by atoms with E-state index >= 15 is 0 Å². The van der Waals surface area contributed by atoms with Gasteiger partial charge in [-0.1, -0.05) is 24.3 Å². The van der Waals surface area contributed by atoms with Crippen LogP contribution in [0.4, 0.5) is 5.69 Å². The van der Waals surface area contributed by atoms with Crippen molar-refractivity contribution < 1.29 is 4.79 Å². The molecule has 0 spiro atoms. The fraction of sp³-hybridized carbons (Fsp3) is 0.200. The van der Waals surface area contributed by atoms with Crippen molar-refractivity contribution in [3.63, 3.8) is 0 Å². The molecule has 0 fully saturated rings. The largest absolute Gasteiger partial charge is 0.311 e. The number of hydrogen-bond donors (Lipinski definition) is 1. The minimum Gasteiger partial charge on any atom is -0.311 e. The predicted octanol–water partition coefficient (Wildman–Crippen LogP) is 1.83. The monoisotopic (exact) mass is 253 g/mol. The molecule has 1 aliphatic rings. The van der Waals surface area contributed by atoms with Crippen LogP contribution in [0.25, 0.3) is 0 Å². The van der Waals surface area contributed by atoms with Crippen molar-refractivity contribution in [2.24, 2.45) is 0 Å². The van der Waals surface area contributed by atoms with E-state index in [1.54, 1.807) is 17.2 Å². The highest BCUT2D eigenvalue weighted by Gasteiger charge is 2.22. The van der Waals surface area contributed by atoms with Gasteiger partial charge in [0.2, 0.25) is 0 Å². The van der Waals surface area contributed by atoms with Gasteiger partial charge in [-0.3, -0.25) is 9.78 Å². The van der Waals surface area contributed by atoms with Crippen molar-refractivity contribution >= 4 is 11.6 Å². The van der Waals surface area contributed by atoms with Crippen LogP contribution >= 0.6 is 0 Å². The highest BCUT2D eigenvalue weighted by Crippen LogP contribution is 2.23. The Morgan fingerprint density at radius 1 is 1.16 bits per heavy atom. The van der Waals surface area contributed by atoms with E-state index in [0.29, 0.717) is 12.2 Å². The molecule has 0 aliphatic carbocycles. The normalized spacial score (nSPS) is 14.6. The van der Waals surface area contributed by atoms with E-state index in [2.05, 4.69) is 10.3 Å². The molecule has 1 aliphatic heterocycles. The number of nitrogens with zero attached hydrogens (tertiary/aromatic N) is 2. The quantitative estimate of drug-likeness (QED) is 0.843. The van der Waals surface area contributed by atoms with Gasteiger partial charge >= 0.3 is 0 Å². The molecule has 2 heterocycles. The maximum absolute atomic E-state index is 12.6. The van der Waals surface area contributed by atoms with Gasteiger partial charge in [0.1, 0.15) is 5.69 Å². The molecule has 0 saturated heterocycles. The molecule has 0 atom stereocenters. The molecule has 1 aromatic carbocycles. The SMILES string of the molecule is O=C(c1ccccn1)N1CCNCc2ccccc21. The van der Waals surface area contributed by atoms with E-state index in [1.165, 1.54) is 0 Å². The number of rotatable bonds is 1. The number of benzene rings is 1. The zero-order valence-corrected chi connectivity index (χ0v) is 10.5. The first-order chi connectivity index (χ1) is 9.36. The second-order valence-corrected chi connectivity index (χ2v) is 4.48. The Morgan fingerprint density at radius 3 is 2.84 bits per heavy atom. The lowest BCUT2D eigenvalue weighted by atomic mass is 10.1. The van der Waals surface area contributed by atoms with E-state index in [-0.39, 0.29) is 5.91 Å². The Balaban J connectivity index is 1.99. The first-order valence-electron chi connectivity index (χ1n) is 6.38. The number of pyridine rings is 1. The summed E-state index contributed by atoms with van der Waals surface area (Å²) in [6.07, 6.45) is 1.65. The number of aromatic nitrogens is 1. The molecule has 96 valence electrons. The van der Waals surface area contributed by atoms with Gasteiger partial charge in [-0.15, -0.1) is 0 Å². The molecule has 19 heavy (non-hydrogen) atoms. The minimum absolute atomic E-state index is 0.0447. The molecule has 0 bridgehead atoms. The van der Waals surface area contributed by atoms with Crippen LogP contribution < -0.4 is 10.2 Å². The van der Waals surface area contributed by atoms with Crippen LogP contribution in [0, 0.1) is 0 Å². The van der Waals surface area contributed by atoms with Crippen molar-refractivity contribution in [3.8, 4) is 0 Å². The van der Waals surface area contributed by atoms with Crippen molar-refractivity contribution in [1.29, 1.82) is 0 Å². The van der Waals surface area contributed by atoms with Crippen LogP contribution in [0.1, 0.15) is 16.1 Å². The van der Waals surface area contributed by atoms with E-state index < -0.39 is 0 Å². The molecule has 4 heteroatoms. The summed E-state index contributed by atoms with van der Waals surface area (Å²) in [7, 11) is 0. The standard InChI is InChI=1S/C15H15N3O/c19-15(13-6-3-4-8-17-13)18-10-9-16-11-12-5-1-2-7-14(12)18/h1-8,16H,9-11H2. The van der Waals surface area contributed by atoms with E-state index in [0.717, 1.165) is 24.3 Å². The molecular weight excluding hydrogens is 238 g/mol. The Hall–Kier alpha value is -2.20. The van der Waals surface area contributed by atoms with Gasteiger partial charge < -0.3 is 10.2 Å². The molecule has 0 radical (unpaired) electrons. The summed E-state index contributed by atoms with van der Waals surface area (Å²) in [5, 5.41) is 3.33. The maximum atomic E-state index is 12.6. The van der Waals surface area contributed by atoms with Gasteiger partial charge in [0.15, 0.2) is 0 Å². The first kappa shape index (κ1) is 11.9. The molecule has 4 nitrogen and oxygen atoms in total. The summed E-state index contributed by atoms with van der Waals surface area (Å²) in [6, 6.07) is 13.4. The topological polar surface area (TPSA) is 45.2 Å². The fourth-order valence-electron chi connectivity index (χ4n) is 2.30. The third-order valence-corrected chi connectivity index (χ3v) is 3.24. The predicted molar refractivity (Wildman–Crippen MR) is 74.1 cm³/mol. The van der Waals surface area contributed by atoms with Crippen LogP contribution in [0.2, 0.25) is 0 Å². The Morgan fingerprint density at radius 2 is 2.00 bits per heavy atom. The Bertz CT molecular complexity index is 583. The molecule has 0 unspecified atom stereocenters. The van der Waals surface area contributed by atoms with Gasteiger partial charge in [0.05, 0.1) is 0 Å². The summed E-state index contributed by atoms with van der Waals surface area (Å²) >= 11 is 0. The van der Waals surface area contributed by atoms with Crippen molar-refractivity contribution in [2.75, 3.05) is 18.0 Å². The minimum atomic E-state index is -0.0447. The lowest BCUT2D eigenvalue weighted by Gasteiger charge is -2.22. The smallest absolute Gasteiger partial charge is 0.276 e. The zero-order chi connectivity index (χ0) is 13.1. The molecule has 1 aromatic heterocycles. The van der Waals surface area contributed by atoms with Crippen LogP contribution in [0.5, 0.6) is 0 Å². The van der Waals surface area contributed by atoms with Gasteiger partial charge in [0.25, 0.3) is 5.91 Å². The second kappa shape index (κ2) is 5.20. The number of nitrogens with one attached hydrogen (secondary N) is 1. The van der Waals surface area contributed by atoms with Crippen LogP contribution in [-0.4, -0.2) is 24.0 Å². The van der Waals surface area contributed by atoms with Crippen LogP contribution in [-0.2, 0) is 6.54 Å². The maximum Gasteiger partial charge on any atom is 0.276 e. The number of hydrogen-bond acceptors (Lipinski definition) is 3. The summed E-state index contributed by atoms with van der Waals surface area (Å²) in [5.74, 6) is -0.0447. The summed E-state index contributed by atoms with van der Waals surface area (Å²) in [6.45, 7) is 2.24. The molecule has 2 aromatic rings. The number of fused-ring (bicyclic) bond motifs is 1. The van der Waals surface area contributed by atoms with E-state index in [4.69, 9.17) is 0 Å². The van der Waals surface area contributed by atoms with Gasteiger partial charge in [-0.05, 0) is 23.8 Å². The van der Waals surface area contributed by atoms with Crippen LogP contribution in [0.3, 0.4) is 0 Å². The Kier molecular flexibility index (Phi) is 3.25. The highest BCUT2D eigenvalue weighted by atomic mass is 16.2. The molecule has 3 rings (SSSR count). The van der Waals surface area contributed by atoms with E-state index in [9.17, 15) is 4.79 Å². The fourth-order valence-corrected chi connectivity index (χ4v) is 2.30. The average molecular weight is 253 g/mol. The number of carbonyl (C=O) groups excluding carboxylic acids is 1. The van der Waals surface area contributed by atoms with Gasteiger partial charge in [-0.2, -0.15) is 0 Å². The third kappa shape index (κ3) is 2.35. The Labute approximate surface area is 112 Å². The molecule has 1 amide bonds. The third-order valence-electron chi connectivity index (χ3n) is 3.24. The molecule has 1 N–H and O–H groups in total. The average Bonchev–Trinajstić information content (AvgIpc) is 2.70. The van der Waals surface area contributed by atoms with E-state index in [1.807, 2.05) is 36.4 Å². The van der Waals surface area contributed by atoms with Crippen molar-refractivity contribution in [1.82, 2.24) is 10.3 Å².